The number of amides is 1. The van der Waals surface area contributed by atoms with Gasteiger partial charge in [-0.25, -0.2) is 0 Å². The van der Waals surface area contributed by atoms with Crippen molar-refractivity contribution in [2.24, 2.45) is 0 Å². The number of benzene rings is 2. The molecule has 0 saturated carbocycles. The number of rotatable bonds is 5. The Morgan fingerprint density at radius 3 is 2.65 bits per heavy atom. The lowest BCUT2D eigenvalue weighted by molar-refractivity contribution is -0.113. The standard InChI is InChI=1S/C19H16BrNO3S2/c1-3-24-17-14(20)9-12(10-15(17)23-2)11-16-18(22)21(19(25)26-16)13-7-5-4-6-8-13/h4-11H,3H2,1-2H3/b16-11-. The maximum Gasteiger partial charge on any atom is 0.270 e. The van der Waals surface area contributed by atoms with Crippen molar-refractivity contribution in [1.29, 1.82) is 0 Å². The number of hydrogen-bond acceptors (Lipinski definition) is 5. The molecule has 1 heterocycles. The quantitative estimate of drug-likeness (QED) is 0.459. The molecular formula is C19H16BrNO3S2. The Morgan fingerprint density at radius 2 is 2.00 bits per heavy atom. The summed E-state index contributed by atoms with van der Waals surface area (Å²) in [6.45, 7) is 2.44. The van der Waals surface area contributed by atoms with E-state index in [9.17, 15) is 4.79 Å². The second-order valence-electron chi connectivity index (χ2n) is 5.32. The summed E-state index contributed by atoms with van der Waals surface area (Å²) in [5.41, 5.74) is 1.59. The van der Waals surface area contributed by atoms with Crippen LogP contribution in [0.4, 0.5) is 5.69 Å². The first-order chi connectivity index (χ1) is 12.5. The van der Waals surface area contributed by atoms with Crippen LogP contribution in [0.1, 0.15) is 12.5 Å². The maximum atomic E-state index is 12.8. The molecule has 1 amide bonds. The van der Waals surface area contributed by atoms with Gasteiger partial charge in [-0.15, -0.1) is 0 Å². The summed E-state index contributed by atoms with van der Waals surface area (Å²) in [5.74, 6) is 1.12. The lowest BCUT2D eigenvalue weighted by Crippen LogP contribution is -2.27. The topological polar surface area (TPSA) is 38.8 Å². The van der Waals surface area contributed by atoms with Crippen LogP contribution in [-0.2, 0) is 4.79 Å². The van der Waals surface area contributed by atoms with Crippen molar-refractivity contribution in [3.63, 3.8) is 0 Å². The van der Waals surface area contributed by atoms with Crippen molar-refractivity contribution in [1.82, 2.24) is 0 Å². The summed E-state index contributed by atoms with van der Waals surface area (Å²) in [6, 6.07) is 13.1. The van der Waals surface area contributed by atoms with Gasteiger partial charge in [0.1, 0.15) is 0 Å². The van der Waals surface area contributed by atoms with Gasteiger partial charge in [0, 0.05) is 0 Å². The number of hydrogen-bond donors (Lipinski definition) is 0. The minimum absolute atomic E-state index is 0.129. The fourth-order valence-corrected chi connectivity index (χ4v) is 4.40. The fraction of sp³-hybridized carbons (Fsp3) is 0.158. The van der Waals surface area contributed by atoms with E-state index >= 15 is 0 Å². The Bertz CT molecular complexity index is 884. The Labute approximate surface area is 170 Å². The highest BCUT2D eigenvalue weighted by Gasteiger charge is 2.33. The van der Waals surface area contributed by atoms with Crippen molar-refractivity contribution in [3.05, 3.63) is 57.4 Å². The monoisotopic (exact) mass is 449 g/mol. The van der Waals surface area contributed by atoms with Crippen molar-refractivity contribution >= 4 is 61.9 Å². The number of para-hydroxylation sites is 1. The number of ether oxygens (including phenoxy) is 2. The maximum absolute atomic E-state index is 12.8. The van der Waals surface area contributed by atoms with Crippen LogP contribution in [0.5, 0.6) is 11.5 Å². The fourth-order valence-electron chi connectivity index (χ4n) is 2.53. The number of carbonyl (C=O) groups is 1. The van der Waals surface area contributed by atoms with Gasteiger partial charge < -0.3 is 9.47 Å². The molecule has 1 aliphatic rings. The van der Waals surface area contributed by atoms with E-state index in [-0.39, 0.29) is 5.91 Å². The van der Waals surface area contributed by atoms with Crippen LogP contribution < -0.4 is 14.4 Å². The summed E-state index contributed by atoms with van der Waals surface area (Å²) in [7, 11) is 1.59. The molecule has 0 radical (unpaired) electrons. The summed E-state index contributed by atoms with van der Waals surface area (Å²) in [6.07, 6.45) is 1.81. The van der Waals surface area contributed by atoms with Crippen LogP contribution in [0.15, 0.2) is 51.8 Å². The number of methoxy groups -OCH3 is 1. The van der Waals surface area contributed by atoms with Gasteiger partial charge in [0.2, 0.25) is 0 Å². The van der Waals surface area contributed by atoms with Crippen LogP contribution in [0.25, 0.3) is 6.08 Å². The number of thiocarbonyl (C=S) groups is 1. The Balaban J connectivity index is 1.95. The van der Waals surface area contributed by atoms with Crippen molar-refractivity contribution in [2.45, 2.75) is 6.92 Å². The van der Waals surface area contributed by atoms with E-state index < -0.39 is 0 Å². The second-order valence-corrected chi connectivity index (χ2v) is 7.85. The molecule has 0 spiro atoms. The highest BCUT2D eigenvalue weighted by atomic mass is 79.9. The molecule has 0 bridgehead atoms. The normalized spacial score (nSPS) is 15.7. The molecule has 0 N–H and O–H groups in total. The number of thioether (sulfide) groups is 1. The zero-order valence-corrected chi connectivity index (χ0v) is 17.4. The molecule has 3 rings (SSSR count). The first-order valence-electron chi connectivity index (χ1n) is 7.88. The van der Waals surface area contributed by atoms with Gasteiger partial charge in [-0.05, 0) is 58.8 Å². The minimum atomic E-state index is -0.129. The van der Waals surface area contributed by atoms with Gasteiger partial charge in [-0.1, -0.05) is 42.2 Å². The van der Waals surface area contributed by atoms with Gasteiger partial charge in [0.25, 0.3) is 5.91 Å². The molecule has 1 aliphatic heterocycles. The molecule has 7 heteroatoms. The molecule has 2 aromatic carbocycles. The Morgan fingerprint density at radius 1 is 1.27 bits per heavy atom. The van der Waals surface area contributed by atoms with Crippen LogP contribution in [0, 0.1) is 0 Å². The van der Waals surface area contributed by atoms with Crippen molar-refractivity contribution in [3.8, 4) is 11.5 Å². The molecule has 4 nitrogen and oxygen atoms in total. The van der Waals surface area contributed by atoms with Gasteiger partial charge in [0.15, 0.2) is 15.8 Å². The molecule has 134 valence electrons. The third kappa shape index (κ3) is 3.79. The van der Waals surface area contributed by atoms with E-state index in [1.807, 2.05) is 55.5 Å². The zero-order valence-electron chi connectivity index (χ0n) is 14.2. The van der Waals surface area contributed by atoms with Gasteiger partial charge in [-0.2, -0.15) is 0 Å². The largest absolute Gasteiger partial charge is 0.493 e. The van der Waals surface area contributed by atoms with E-state index in [1.54, 1.807) is 12.0 Å². The third-order valence-corrected chi connectivity index (χ3v) is 5.54. The number of halogens is 1. The number of carbonyl (C=O) groups excluding carboxylic acids is 1. The summed E-state index contributed by atoms with van der Waals surface area (Å²) < 4.78 is 12.3. The third-order valence-electron chi connectivity index (χ3n) is 3.65. The molecular weight excluding hydrogens is 434 g/mol. The number of anilines is 1. The van der Waals surface area contributed by atoms with Gasteiger partial charge in [-0.3, -0.25) is 9.69 Å². The van der Waals surface area contributed by atoms with Crippen LogP contribution in [0.2, 0.25) is 0 Å². The predicted molar refractivity (Wildman–Crippen MR) is 114 cm³/mol. The number of nitrogens with zero attached hydrogens (tertiary/aromatic N) is 1. The summed E-state index contributed by atoms with van der Waals surface area (Å²) in [5, 5.41) is 0. The zero-order chi connectivity index (χ0) is 18.7. The molecule has 1 saturated heterocycles. The molecule has 2 aromatic rings. The molecule has 1 fully saturated rings. The van der Waals surface area contributed by atoms with Gasteiger partial charge >= 0.3 is 0 Å². The first-order valence-corrected chi connectivity index (χ1v) is 9.90. The smallest absolute Gasteiger partial charge is 0.270 e. The lowest BCUT2D eigenvalue weighted by Gasteiger charge is -2.14. The lowest BCUT2D eigenvalue weighted by atomic mass is 10.1. The van der Waals surface area contributed by atoms with E-state index in [2.05, 4.69) is 15.9 Å². The van der Waals surface area contributed by atoms with E-state index in [0.717, 1.165) is 15.7 Å². The van der Waals surface area contributed by atoms with Crippen molar-refractivity contribution < 1.29 is 14.3 Å². The molecule has 0 aliphatic carbocycles. The first kappa shape index (κ1) is 18.9. The highest BCUT2D eigenvalue weighted by molar-refractivity contribution is 9.10. The molecule has 26 heavy (non-hydrogen) atoms. The van der Waals surface area contributed by atoms with E-state index in [1.165, 1.54) is 11.8 Å². The van der Waals surface area contributed by atoms with Gasteiger partial charge in [0.05, 0.1) is 28.8 Å². The summed E-state index contributed by atoms with van der Waals surface area (Å²) in [4.78, 5) is 14.9. The predicted octanol–water partition coefficient (Wildman–Crippen LogP) is 5.26. The average Bonchev–Trinajstić information content (AvgIpc) is 2.91. The van der Waals surface area contributed by atoms with Crippen LogP contribution in [-0.4, -0.2) is 23.9 Å². The molecule has 0 aromatic heterocycles. The average molecular weight is 450 g/mol. The minimum Gasteiger partial charge on any atom is -0.493 e. The second kappa shape index (κ2) is 8.24. The van der Waals surface area contributed by atoms with Crippen molar-refractivity contribution in [2.75, 3.05) is 18.6 Å². The molecule has 0 unspecified atom stereocenters. The molecule has 0 atom stereocenters. The van der Waals surface area contributed by atoms with E-state index in [0.29, 0.717) is 27.3 Å². The summed E-state index contributed by atoms with van der Waals surface area (Å²) >= 11 is 10.2. The Hall–Kier alpha value is -1.83. The highest BCUT2D eigenvalue weighted by Crippen LogP contribution is 2.40. The Kier molecular flexibility index (Phi) is 6.01. The SMILES string of the molecule is CCOc1c(Br)cc(/C=C2\SC(=S)N(c3ccccc3)C2=O)cc1OC. The van der Waals surface area contributed by atoms with Crippen LogP contribution >= 0.6 is 39.9 Å². The van der Waals surface area contributed by atoms with E-state index in [4.69, 9.17) is 21.7 Å². The van der Waals surface area contributed by atoms with Crippen LogP contribution in [0.3, 0.4) is 0 Å².